The molecule has 0 saturated heterocycles. The van der Waals surface area contributed by atoms with Gasteiger partial charge in [0.1, 0.15) is 0 Å². The summed E-state index contributed by atoms with van der Waals surface area (Å²) in [4.78, 5) is 0. The fourth-order valence-electron chi connectivity index (χ4n) is 1.17. The summed E-state index contributed by atoms with van der Waals surface area (Å²) in [5.41, 5.74) is 1.01. The molecule has 0 N–H and O–H groups in total. The molecule has 1 aromatic carbocycles. The zero-order valence-electron chi connectivity index (χ0n) is 9.53. The van der Waals surface area contributed by atoms with Crippen LogP contribution in [0.3, 0.4) is 0 Å². The van der Waals surface area contributed by atoms with Gasteiger partial charge in [-0.2, -0.15) is 0 Å². The van der Waals surface area contributed by atoms with Gasteiger partial charge < -0.3 is 9.47 Å². The molecule has 0 unspecified atom stereocenters. The Morgan fingerprint density at radius 1 is 0.933 bits per heavy atom. The van der Waals surface area contributed by atoms with E-state index in [9.17, 15) is 0 Å². The van der Waals surface area contributed by atoms with Crippen LogP contribution in [0.15, 0.2) is 30.3 Å². The van der Waals surface area contributed by atoms with Crippen molar-refractivity contribution in [3.8, 4) is 0 Å². The van der Waals surface area contributed by atoms with Gasteiger partial charge in [0.05, 0.1) is 13.2 Å². The van der Waals surface area contributed by atoms with Gasteiger partial charge in [0, 0.05) is 5.56 Å². The average molecular weight is 207 g/mol. The molecule has 0 atom stereocenters. The number of ether oxygens (including phenoxy) is 2. The molecule has 83 valence electrons. The summed E-state index contributed by atoms with van der Waals surface area (Å²) >= 11 is 0. The highest BCUT2D eigenvalue weighted by atomic mass is 16.7. The first-order valence-electron chi connectivity index (χ1n) is 5.56. The van der Waals surface area contributed by atoms with E-state index < -0.39 is 0 Å². The molecular formula is C13H19O2. The van der Waals surface area contributed by atoms with Crippen molar-refractivity contribution in [2.24, 2.45) is 0 Å². The molecule has 0 aliphatic carbocycles. The van der Waals surface area contributed by atoms with Crippen molar-refractivity contribution in [3.05, 3.63) is 42.2 Å². The van der Waals surface area contributed by atoms with E-state index in [4.69, 9.17) is 9.47 Å². The largest absolute Gasteiger partial charge is 0.341 e. The fourth-order valence-corrected chi connectivity index (χ4v) is 1.17. The van der Waals surface area contributed by atoms with Crippen molar-refractivity contribution < 1.29 is 9.47 Å². The van der Waals surface area contributed by atoms with Gasteiger partial charge in [0.25, 0.3) is 6.29 Å². The minimum Gasteiger partial charge on any atom is -0.341 e. The molecule has 2 nitrogen and oxygen atoms in total. The van der Waals surface area contributed by atoms with E-state index in [0.717, 1.165) is 18.4 Å². The van der Waals surface area contributed by atoms with Crippen LogP contribution in [-0.4, -0.2) is 13.2 Å². The first-order valence-corrected chi connectivity index (χ1v) is 5.56. The first kappa shape index (κ1) is 12.2. The molecular weight excluding hydrogens is 188 g/mol. The van der Waals surface area contributed by atoms with E-state index in [1.807, 2.05) is 30.3 Å². The Balaban J connectivity index is 2.55. The Labute approximate surface area is 92.2 Å². The third-order valence-corrected chi connectivity index (χ3v) is 1.88. The normalized spacial score (nSPS) is 10.9. The van der Waals surface area contributed by atoms with E-state index >= 15 is 0 Å². The van der Waals surface area contributed by atoms with Gasteiger partial charge in [0.2, 0.25) is 0 Å². The molecule has 0 saturated carbocycles. The van der Waals surface area contributed by atoms with Gasteiger partial charge in [-0.3, -0.25) is 0 Å². The molecule has 0 heterocycles. The summed E-state index contributed by atoms with van der Waals surface area (Å²) < 4.78 is 11.1. The van der Waals surface area contributed by atoms with Gasteiger partial charge >= 0.3 is 0 Å². The van der Waals surface area contributed by atoms with E-state index in [2.05, 4.69) is 13.8 Å². The van der Waals surface area contributed by atoms with Crippen LogP contribution in [0, 0.1) is 6.29 Å². The second-order valence-corrected chi connectivity index (χ2v) is 3.35. The zero-order valence-corrected chi connectivity index (χ0v) is 9.53. The van der Waals surface area contributed by atoms with Crippen molar-refractivity contribution in [1.29, 1.82) is 0 Å². The summed E-state index contributed by atoms with van der Waals surface area (Å²) in [5, 5.41) is 0. The molecule has 0 aromatic heterocycles. The lowest BCUT2D eigenvalue weighted by atomic mass is 10.2. The Kier molecular flexibility index (Phi) is 6.05. The molecule has 2 heteroatoms. The van der Waals surface area contributed by atoms with Crippen LogP contribution < -0.4 is 0 Å². The lowest BCUT2D eigenvalue weighted by molar-refractivity contribution is -0.0253. The van der Waals surface area contributed by atoms with E-state index in [1.54, 1.807) is 0 Å². The summed E-state index contributed by atoms with van der Waals surface area (Å²) in [5.74, 6) is 0. The maximum absolute atomic E-state index is 5.57. The van der Waals surface area contributed by atoms with E-state index in [1.165, 1.54) is 0 Å². The molecule has 1 aromatic rings. The standard InChI is InChI=1S/C13H19O2/c1-3-10-14-13(15-11-4-2)12-8-6-5-7-9-12/h5-9H,3-4,10-11H2,1-2H3. The van der Waals surface area contributed by atoms with Gasteiger partial charge in [-0.05, 0) is 12.8 Å². The second-order valence-electron chi connectivity index (χ2n) is 3.35. The lowest BCUT2D eigenvalue weighted by Gasteiger charge is -2.16. The van der Waals surface area contributed by atoms with Gasteiger partial charge in [0.15, 0.2) is 0 Å². The predicted octanol–water partition coefficient (Wildman–Crippen LogP) is 3.38. The molecule has 0 aliphatic rings. The Hall–Kier alpha value is -0.860. The minimum atomic E-state index is 0.652. The van der Waals surface area contributed by atoms with Gasteiger partial charge in [-0.15, -0.1) is 0 Å². The predicted molar refractivity (Wildman–Crippen MR) is 61.3 cm³/mol. The van der Waals surface area contributed by atoms with Crippen LogP contribution in [0.2, 0.25) is 0 Å². The number of rotatable bonds is 7. The van der Waals surface area contributed by atoms with Crippen LogP contribution in [0.1, 0.15) is 32.3 Å². The smallest absolute Gasteiger partial charge is 0.256 e. The molecule has 15 heavy (non-hydrogen) atoms. The molecule has 1 rings (SSSR count). The topological polar surface area (TPSA) is 18.5 Å². The molecule has 1 radical (unpaired) electrons. The van der Waals surface area contributed by atoms with E-state index in [0.29, 0.717) is 19.5 Å². The quantitative estimate of drug-likeness (QED) is 0.682. The SMILES string of the molecule is CCCO[C](OCCC)c1ccccc1. The highest BCUT2D eigenvalue weighted by molar-refractivity contribution is 5.23. The third-order valence-electron chi connectivity index (χ3n) is 1.88. The molecule has 0 bridgehead atoms. The molecule has 0 aliphatic heterocycles. The Morgan fingerprint density at radius 3 is 1.93 bits per heavy atom. The zero-order chi connectivity index (χ0) is 10.9. The van der Waals surface area contributed by atoms with Gasteiger partial charge in [-0.25, -0.2) is 0 Å². The third kappa shape index (κ3) is 4.45. The van der Waals surface area contributed by atoms with Crippen LogP contribution in [0.4, 0.5) is 0 Å². The second kappa shape index (κ2) is 7.43. The summed E-state index contributed by atoms with van der Waals surface area (Å²) in [6.45, 7) is 5.58. The van der Waals surface area contributed by atoms with Crippen molar-refractivity contribution in [1.82, 2.24) is 0 Å². The maximum atomic E-state index is 5.57. The fraction of sp³-hybridized carbons (Fsp3) is 0.462. The van der Waals surface area contributed by atoms with E-state index in [-0.39, 0.29) is 0 Å². The van der Waals surface area contributed by atoms with Crippen LogP contribution in [0.25, 0.3) is 0 Å². The lowest BCUT2D eigenvalue weighted by Crippen LogP contribution is -2.11. The van der Waals surface area contributed by atoms with Crippen molar-refractivity contribution in [2.75, 3.05) is 13.2 Å². The van der Waals surface area contributed by atoms with Crippen molar-refractivity contribution in [2.45, 2.75) is 26.7 Å². The maximum Gasteiger partial charge on any atom is 0.256 e. The minimum absolute atomic E-state index is 0.652. The van der Waals surface area contributed by atoms with Crippen LogP contribution >= 0.6 is 0 Å². The van der Waals surface area contributed by atoms with Crippen molar-refractivity contribution in [3.63, 3.8) is 0 Å². The number of benzene rings is 1. The van der Waals surface area contributed by atoms with Crippen molar-refractivity contribution >= 4 is 0 Å². The monoisotopic (exact) mass is 207 g/mol. The Bertz CT molecular complexity index is 238. The molecule has 0 spiro atoms. The first-order chi connectivity index (χ1) is 7.38. The highest BCUT2D eigenvalue weighted by Crippen LogP contribution is 2.17. The Morgan fingerprint density at radius 2 is 1.47 bits per heavy atom. The number of hydrogen-bond donors (Lipinski definition) is 0. The van der Waals surface area contributed by atoms with Crippen LogP contribution in [0.5, 0.6) is 0 Å². The van der Waals surface area contributed by atoms with Gasteiger partial charge in [-0.1, -0.05) is 44.2 Å². The summed E-state index contributed by atoms with van der Waals surface area (Å²) in [6.07, 6.45) is 2.64. The molecule has 0 fully saturated rings. The van der Waals surface area contributed by atoms with Crippen LogP contribution in [-0.2, 0) is 9.47 Å². The highest BCUT2D eigenvalue weighted by Gasteiger charge is 2.13. The average Bonchev–Trinajstić information content (AvgIpc) is 2.30. The summed E-state index contributed by atoms with van der Waals surface area (Å²) in [7, 11) is 0. The summed E-state index contributed by atoms with van der Waals surface area (Å²) in [6, 6.07) is 9.96. The number of hydrogen-bond acceptors (Lipinski definition) is 2. The molecule has 0 amide bonds.